The van der Waals surface area contributed by atoms with Crippen molar-refractivity contribution in [2.75, 3.05) is 24.6 Å². The van der Waals surface area contributed by atoms with E-state index in [1.165, 1.54) is 6.92 Å². The zero-order valence-corrected chi connectivity index (χ0v) is 15.4. The van der Waals surface area contributed by atoms with Gasteiger partial charge < -0.3 is 10.0 Å². The summed E-state index contributed by atoms with van der Waals surface area (Å²) in [6.45, 7) is 2.47. The first-order valence-corrected chi connectivity index (χ1v) is 10.4. The zero-order valence-electron chi connectivity index (χ0n) is 14.6. The van der Waals surface area contributed by atoms with Gasteiger partial charge in [-0.05, 0) is 49.4 Å². The molecule has 1 aromatic carbocycles. The van der Waals surface area contributed by atoms with Crippen molar-refractivity contribution in [2.45, 2.75) is 50.3 Å². The maximum atomic E-state index is 12.7. The highest BCUT2D eigenvalue weighted by Crippen LogP contribution is 2.37. The third kappa shape index (κ3) is 3.73. The molecule has 0 bridgehead atoms. The van der Waals surface area contributed by atoms with Crippen LogP contribution >= 0.6 is 0 Å². The van der Waals surface area contributed by atoms with Gasteiger partial charge in [-0.25, -0.2) is 13.1 Å². The minimum atomic E-state index is -3.63. The Balaban J connectivity index is 1.80. The number of nitrogens with zero attached hydrogens (tertiary/aromatic N) is 1. The lowest BCUT2D eigenvalue weighted by molar-refractivity contribution is -0.116. The number of aliphatic hydroxyl groups excluding tert-OH is 1. The van der Waals surface area contributed by atoms with Crippen LogP contribution in [-0.2, 0) is 21.2 Å². The lowest BCUT2D eigenvalue weighted by Crippen LogP contribution is -2.38. The summed E-state index contributed by atoms with van der Waals surface area (Å²) in [6, 6.07) is 4.96. The number of aryl methyl sites for hydroxylation is 1. The highest BCUT2D eigenvalue weighted by Gasteiger charge is 2.34. The Labute approximate surface area is 149 Å². The van der Waals surface area contributed by atoms with Crippen molar-refractivity contribution in [1.29, 1.82) is 0 Å². The van der Waals surface area contributed by atoms with E-state index >= 15 is 0 Å². The van der Waals surface area contributed by atoms with Gasteiger partial charge in [-0.3, -0.25) is 4.79 Å². The standard InChI is InChI=1S/C18H26N2O4S/c1-14(22)20-10-4-5-15-11-16(6-7-17(15)20)25(23,24)19-12-18(13-21)8-2-3-9-18/h6-7,11,19,21H,2-5,8-10,12-13H2,1H3. The highest BCUT2D eigenvalue weighted by atomic mass is 32.2. The van der Waals surface area contributed by atoms with E-state index in [2.05, 4.69) is 4.72 Å². The van der Waals surface area contributed by atoms with E-state index in [0.717, 1.165) is 49.8 Å². The van der Waals surface area contributed by atoms with Crippen molar-refractivity contribution in [3.05, 3.63) is 23.8 Å². The summed E-state index contributed by atoms with van der Waals surface area (Å²) in [5, 5.41) is 9.65. The molecule has 7 heteroatoms. The van der Waals surface area contributed by atoms with Crippen LogP contribution < -0.4 is 9.62 Å². The summed E-state index contributed by atoms with van der Waals surface area (Å²) in [7, 11) is -3.63. The molecular weight excluding hydrogens is 340 g/mol. The van der Waals surface area contributed by atoms with E-state index in [1.54, 1.807) is 23.1 Å². The van der Waals surface area contributed by atoms with Crippen LogP contribution in [-0.4, -0.2) is 39.1 Å². The lowest BCUT2D eigenvalue weighted by Gasteiger charge is -2.29. The predicted molar refractivity (Wildman–Crippen MR) is 96.0 cm³/mol. The van der Waals surface area contributed by atoms with Gasteiger partial charge in [-0.1, -0.05) is 12.8 Å². The fourth-order valence-corrected chi connectivity index (χ4v) is 5.12. The van der Waals surface area contributed by atoms with Gasteiger partial charge in [0.25, 0.3) is 0 Å². The van der Waals surface area contributed by atoms with Gasteiger partial charge in [-0.2, -0.15) is 0 Å². The molecule has 1 aliphatic heterocycles. The largest absolute Gasteiger partial charge is 0.396 e. The Morgan fingerprint density at radius 2 is 2.00 bits per heavy atom. The van der Waals surface area contributed by atoms with Crippen molar-refractivity contribution in [2.24, 2.45) is 5.41 Å². The first-order valence-electron chi connectivity index (χ1n) is 8.88. The molecule has 1 amide bonds. The average Bonchev–Trinajstić information content (AvgIpc) is 3.08. The molecule has 0 spiro atoms. The molecule has 0 atom stereocenters. The normalized spacial score (nSPS) is 19.7. The summed E-state index contributed by atoms with van der Waals surface area (Å²) in [5.41, 5.74) is 1.37. The third-order valence-corrected chi connectivity index (χ3v) is 6.90. The Morgan fingerprint density at radius 3 is 2.64 bits per heavy atom. The number of sulfonamides is 1. The molecule has 138 valence electrons. The van der Waals surface area contributed by atoms with Gasteiger partial charge in [0.2, 0.25) is 15.9 Å². The highest BCUT2D eigenvalue weighted by molar-refractivity contribution is 7.89. The second-order valence-electron chi connectivity index (χ2n) is 7.25. The monoisotopic (exact) mass is 366 g/mol. The van der Waals surface area contributed by atoms with E-state index in [9.17, 15) is 18.3 Å². The summed E-state index contributed by atoms with van der Waals surface area (Å²) in [6.07, 6.45) is 5.36. The molecule has 2 aliphatic rings. The first kappa shape index (κ1) is 18.4. The molecule has 6 nitrogen and oxygen atoms in total. The summed E-state index contributed by atoms with van der Waals surface area (Å²) in [5.74, 6) is -0.0270. The summed E-state index contributed by atoms with van der Waals surface area (Å²) >= 11 is 0. The maximum absolute atomic E-state index is 12.7. The Kier molecular flexibility index (Phi) is 5.18. The van der Waals surface area contributed by atoms with Crippen molar-refractivity contribution in [3.63, 3.8) is 0 Å². The van der Waals surface area contributed by atoms with E-state index < -0.39 is 10.0 Å². The van der Waals surface area contributed by atoms with E-state index in [4.69, 9.17) is 0 Å². The number of nitrogens with one attached hydrogen (secondary N) is 1. The molecule has 0 radical (unpaired) electrons. The number of carbonyl (C=O) groups is 1. The fourth-order valence-electron chi connectivity index (χ4n) is 3.91. The van der Waals surface area contributed by atoms with Crippen molar-refractivity contribution < 1.29 is 18.3 Å². The van der Waals surface area contributed by atoms with E-state index in [-0.39, 0.29) is 29.4 Å². The van der Waals surface area contributed by atoms with Crippen molar-refractivity contribution in [3.8, 4) is 0 Å². The van der Waals surface area contributed by atoms with Crippen LogP contribution in [0.3, 0.4) is 0 Å². The smallest absolute Gasteiger partial charge is 0.240 e. The van der Waals surface area contributed by atoms with Gasteiger partial charge in [0, 0.05) is 37.7 Å². The number of carbonyl (C=O) groups excluding carboxylic acids is 1. The van der Waals surface area contributed by atoms with E-state index in [1.807, 2.05) is 0 Å². The van der Waals surface area contributed by atoms with Gasteiger partial charge in [0.1, 0.15) is 0 Å². The summed E-state index contributed by atoms with van der Waals surface area (Å²) in [4.78, 5) is 13.7. The first-order chi connectivity index (χ1) is 11.9. The zero-order chi connectivity index (χ0) is 18.1. The molecule has 0 aromatic heterocycles. The fraction of sp³-hybridized carbons (Fsp3) is 0.611. The number of aliphatic hydroxyl groups is 1. The van der Waals surface area contributed by atoms with Gasteiger partial charge in [-0.15, -0.1) is 0 Å². The number of fused-ring (bicyclic) bond motifs is 1. The Hall–Kier alpha value is -1.44. The van der Waals surface area contributed by atoms with Crippen molar-refractivity contribution in [1.82, 2.24) is 4.72 Å². The van der Waals surface area contributed by atoms with Gasteiger partial charge in [0.05, 0.1) is 4.90 Å². The molecule has 0 unspecified atom stereocenters. The Morgan fingerprint density at radius 1 is 1.28 bits per heavy atom. The lowest BCUT2D eigenvalue weighted by atomic mass is 9.88. The minimum Gasteiger partial charge on any atom is -0.396 e. The van der Waals surface area contributed by atoms with Gasteiger partial charge >= 0.3 is 0 Å². The molecule has 2 N–H and O–H groups in total. The Bertz CT molecular complexity index is 754. The molecule has 1 aromatic rings. The topological polar surface area (TPSA) is 86.7 Å². The third-order valence-electron chi connectivity index (χ3n) is 5.50. The van der Waals surface area contributed by atoms with Crippen molar-refractivity contribution >= 4 is 21.6 Å². The van der Waals surface area contributed by atoms with Crippen LogP contribution in [0.15, 0.2) is 23.1 Å². The second-order valence-corrected chi connectivity index (χ2v) is 9.02. The van der Waals surface area contributed by atoms with Crippen LogP contribution in [0.5, 0.6) is 0 Å². The SMILES string of the molecule is CC(=O)N1CCCc2cc(S(=O)(=O)NCC3(CO)CCCC3)ccc21. The maximum Gasteiger partial charge on any atom is 0.240 e. The second kappa shape index (κ2) is 7.05. The average molecular weight is 366 g/mol. The molecule has 1 aliphatic carbocycles. The molecule has 1 fully saturated rings. The minimum absolute atomic E-state index is 0.00722. The molecule has 3 rings (SSSR count). The number of hydrogen-bond donors (Lipinski definition) is 2. The van der Waals surface area contributed by atoms with Crippen LogP contribution in [0.25, 0.3) is 0 Å². The molecule has 25 heavy (non-hydrogen) atoms. The molecule has 1 saturated carbocycles. The van der Waals surface area contributed by atoms with Crippen LogP contribution in [0.4, 0.5) is 5.69 Å². The van der Waals surface area contributed by atoms with Gasteiger partial charge in [0.15, 0.2) is 0 Å². The van der Waals surface area contributed by atoms with Crippen LogP contribution in [0.1, 0.15) is 44.6 Å². The van der Waals surface area contributed by atoms with Crippen LogP contribution in [0.2, 0.25) is 0 Å². The number of amides is 1. The number of benzene rings is 1. The van der Waals surface area contributed by atoms with Crippen LogP contribution in [0, 0.1) is 5.41 Å². The number of anilines is 1. The number of hydrogen-bond acceptors (Lipinski definition) is 4. The quantitative estimate of drug-likeness (QED) is 0.832. The van der Waals surface area contributed by atoms with E-state index in [0.29, 0.717) is 6.54 Å². The number of rotatable bonds is 5. The molecule has 1 heterocycles. The molecular formula is C18H26N2O4S. The predicted octanol–water partition coefficient (Wildman–Crippen LogP) is 1.82. The summed E-state index contributed by atoms with van der Waals surface area (Å²) < 4.78 is 28.0. The molecule has 0 saturated heterocycles.